The van der Waals surface area contributed by atoms with Crippen molar-refractivity contribution in [3.05, 3.63) is 64.4 Å². The molecular weight excluding hydrogens is 436 g/mol. The van der Waals surface area contributed by atoms with Crippen LogP contribution in [0, 0.1) is 0 Å². The largest absolute Gasteiger partial charge is 0.496 e. The van der Waals surface area contributed by atoms with Gasteiger partial charge < -0.3 is 4.74 Å². The fraction of sp³-hybridized carbons (Fsp3) is 0.360. The van der Waals surface area contributed by atoms with E-state index in [0.29, 0.717) is 27.9 Å². The number of amides is 1. The zero-order valence-corrected chi connectivity index (χ0v) is 20.0. The lowest BCUT2D eigenvalue weighted by molar-refractivity contribution is -0.763. The molecule has 2 aromatic carbocycles. The summed E-state index contributed by atoms with van der Waals surface area (Å²) in [5.41, 5.74) is 2.30. The zero-order chi connectivity index (χ0) is 23.4. The number of hydrogen-bond donors (Lipinski definition) is 1. The van der Waals surface area contributed by atoms with Crippen LogP contribution in [-0.4, -0.2) is 28.9 Å². The van der Waals surface area contributed by atoms with Crippen LogP contribution < -0.4 is 19.9 Å². The molecule has 2 heterocycles. The highest BCUT2D eigenvalue weighted by Crippen LogP contribution is 2.39. The van der Waals surface area contributed by atoms with E-state index >= 15 is 0 Å². The molecule has 1 aliphatic rings. The van der Waals surface area contributed by atoms with Crippen molar-refractivity contribution < 1.29 is 14.2 Å². The number of aromatic nitrogens is 3. The average molecular weight is 466 g/mol. The maximum absolute atomic E-state index is 13.3. The van der Waals surface area contributed by atoms with Crippen molar-refractivity contribution in [3.63, 3.8) is 0 Å². The summed E-state index contributed by atoms with van der Waals surface area (Å²) >= 11 is 1.53. The minimum absolute atomic E-state index is 0.146. The van der Waals surface area contributed by atoms with Gasteiger partial charge in [0.25, 0.3) is 6.17 Å². The molecule has 33 heavy (non-hydrogen) atoms. The number of benzene rings is 2. The first-order chi connectivity index (χ1) is 16.1. The summed E-state index contributed by atoms with van der Waals surface area (Å²) in [6.45, 7) is 3.71. The Hall–Kier alpha value is -3.13. The van der Waals surface area contributed by atoms with E-state index in [1.54, 1.807) is 16.7 Å². The Balaban J connectivity index is 1.88. The van der Waals surface area contributed by atoms with Crippen LogP contribution in [0.4, 0.5) is 5.69 Å². The number of fused-ring (bicyclic) bond motifs is 3. The van der Waals surface area contributed by atoms with Crippen molar-refractivity contribution in [1.29, 1.82) is 0 Å². The van der Waals surface area contributed by atoms with Crippen LogP contribution in [0.5, 0.6) is 5.75 Å². The lowest BCUT2D eigenvalue weighted by atomic mass is 10.0. The molecular formula is C25H29N4O3S+. The quantitative estimate of drug-likeness (QED) is 0.305. The zero-order valence-electron chi connectivity index (χ0n) is 19.2. The summed E-state index contributed by atoms with van der Waals surface area (Å²) in [6, 6.07) is 15.0. The Kier molecular flexibility index (Phi) is 7.13. The number of anilines is 1. The number of unbranched alkanes of at least 4 members (excludes halogenated alkanes) is 3. The van der Waals surface area contributed by atoms with Gasteiger partial charge in [0.15, 0.2) is 0 Å². The van der Waals surface area contributed by atoms with Crippen LogP contribution in [0.1, 0.15) is 51.3 Å². The fourth-order valence-corrected chi connectivity index (χ4v) is 5.09. The number of carbonyl (C=O) groups is 1. The third kappa shape index (κ3) is 4.53. The first-order valence-corrected chi connectivity index (χ1v) is 12.3. The lowest BCUT2D eigenvalue weighted by Gasteiger charge is -2.31. The number of thioether (sulfide) groups is 1. The molecule has 0 spiro atoms. The van der Waals surface area contributed by atoms with Crippen LogP contribution in [0.15, 0.2) is 58.5 Å². The summed E-state index contributed by atoms with van der Waals surface area (Å²) in [4.78, 5) is 30.9. The molecule has 3 aromatic rings. The minimum Gasteiger partial charge on any atom is -0.496 e. The fourth-order valence-electron chi connectivity index (χ4n) is 4.24. The standard InChI is InChI=1S/C25H28N4O3S/c1-4-5-6-11-16-33-25-26-23(31)22-18-12-7-9-14-20(18)28(17(2)30)24(29(22)27-25)19-13-8-10-15-21(19)32-3/h7-10,12-15,24H,4-6,11,16H2,1-3H3/p+1. The number of para-hydroxylation sites is 2. The van der Waals surface area contributed by atoms with Gasteiger partial charge in [-0.15, -0.1) is 0 Å². The normalized spacial score (nSPS) is 14.5. The number of ether oxygens (including phenoxy) is 1. The second-order valence-corrected chi connectivity index (χ2v) is 9.07. The van der Waals surface area contributed by atoms with Crippen LogP contribution in [0.25, 0.3) is 11.3 Å². The van der Waals surface area contributed by atoms with Crippen LogP contribution in [-0.2, 0) is 4.79 Å². The van der Waals surface area contributed by atoms with E-state index in [4.69, 9.17) is 9.84 Å². The van der Waals surface area contributed by atoms with Gasteiger partial charge in [-0.05, 0) is 35.4 Å². The minimum atomic E-state index is -0.648. The summed E-state index contributed by atoms with van der Waals surface area (Å²) in [7, 11) is 1.60. The van der Waals surface area contributed by atoms with Crippen molar-refractivity contribution in [3.8, 4) is 17.0 Å². The van der Waals surface area contributed by atoms with Crippen molar-refractivity contribution in [2.24, 2.45) is 0 Å². The Labute approximate surface area is 197 Å². The number of methoxy groups -OCH3 is 1. The summed E-state index contributed by atoms with van der Waals surface area (Å²) in [6.07, 6.45) is 3.94. The third-order valence-electron chi connectivity index (χ3n) is 5.75. The molecule has 1 N–H and O–H groups in total. The molecule has 1 amide bonds. The maximum atomic E-state index is 13.3. The number of hydrogen-bond acceptors (Lipinski definition) is 5. The van der Waals surface area contributed by atoms with Gasteiger partial charge in [0.05, 0.1) is 23.9 Å². The molecule has 0 radical (unpaired) electrons. The number of rotatable bonds is 8. The molecule has 0 bridgehead atoms. The van der Waals surface area contributed by atoms with Gasteiger partial charge in [0, 0.05) is 17.8 Å². The molecule has 1 aromatic heterocycles. The van der Waals surface area contributed by atoms with E-state index < -0.39 is 6.17 Å². The third-order valence-corrected chi connectivity index (χ3v) is 6.70. The molecule has 8 heteroatoms. The van der Waals surface area contributed by atoms with E-state index in [1.807, 2.05) is 48.5 Å². The van der Waals surface area contributed by atoms with Gasteiger partial charge in [-0.25, -0.2) is 4.90 Å². The van der Waals surface area contributed by atoms with E-state index in [0.717, 1.165) is 24.2 Å². The summed E-state index contributed by atoms with van der Waals surface area (Å²) < 4.78 is 7.30. The summed E-state index contributed by atoms with van der Waals surface area (Å²) in [5.74, 6) is 1.35. The highest BCUT2D eigenvalue weighted by Gasteiger charge is 2.45. The van der Waals surface area contributed by atoms with E-state index in [1.165, 1.54) is 31.5 Å². The molecule has 172 valence electrons. The van der Waals surface area contributed by atoms with Crippen molar-refractivity contribution in [2.45, 2.75) is 50.9 Å². The smallest absolute Gasteiger partial charge is 0.325 e. The second kappa shape index (κ2) is 10.2. The molecule has 7 nitrogen and oxygen atoms in total. The van der Waals surface area contributed by atoms with Gasteiger partial charge in [0.2, 0.25) is 11.1 Å². The lowest BCUT2D eigenvalue weighted by Crippen LogP contribution is -2.60. The van der Waals surface area contributed by atoms with Crippen LogP contribution in [0.2, 0.25) is 0 Å². The number of carbonyl (C=O) groups excluding carboxylic acids is 1. The molecule has 0 saturated heterocycles. The monoisotopic (exact) mass is 465 g/mol. The topological polar surface area (TPSA) is 79.2 Å². The molecule has 4 rings (SSSR count). The average Bonchev–Trinajstić information content (AvgIpc) is 2.82. The summed E-state index contributed by atoms with van der Waals surface area (Å²) in [5, 5.41) is 5.38. The Bertz CT molecular complexity index is 1210. The van der Waals surface area contributed by atoms with Crippen molar-refractivity contribution in [2.75, 3.05) is 17.8 Å². The molecule has 0 aliphatic carbocycles. The van der Waals surface area contributed by atoms with Crippen molar-refractivity contribution in [1.82, 2.24) is 10.1 Å². The first-order valence-electron chi connectivity index (χ1n) is 11.3. The highest BCUT2D eigenvalue weighted by atomic mass is 32.2. The molecule has 0 saturated carbocycles. The predicted molar refractivity (Wildman–Crippen MR) is 130 cm³/mol. The Morgan fingerprint density at radius 3 is 2.67 bits per heavy atom. The number of nitrogens with zero attached hydrogens (tertiary/aromatic N) is 3. The van der Waals surface area contributed by atoms with Gasteiger partial charge in [0.1, 0.15) is 5.75 Å². The van der Waals surface area contributed by atoms with Gasteiger partial charge in [-0.3, -0.25) is 14.6 Å². The number of nitrogens with one attached hydrogen (secondary N) is 1. The molecule has 1 atom stereocenters. The number of H-pyrrole nitrogens is 1. The van der Waals surface area contributed by atoms with Crippen molar-refractivity contribution >= 4 is 23.4 Å². The van der Waals surface area contributed by atoms with Gasteiger partial charge in [-0.2, -0.15) is 0 Å². The molecule has 1 unspecified atom stereocenters. The SMILES string of the molecule is CCCCCCSc1n[n+]2c(c(=O)[nH]1)-c1ccccc1N(C(C)=O)C2c1ccccc1OC. The van der Waals surface area contributed by atoms with Crippen LogP contribution >= 0.6 is 11.8 Å². The predicted octanol–water partition coefficient (Wildman–Crippen LogP) is 4.32. The number of aromatic amines is 1. The second-order valence-electron chi connectivity index (χ2n) is 7.98. The van der Waals surface area contributed by atoms with E-state index in [-0.39, 0.29) is 11.5 Å². The van der Waals surface area contributed by atoms with Gasteiger partial charge in [-0.1, -0.05) is 62.2 Å². The van der Waals surface area contributed by atoms with E-state index in [2.05, 4.69) is 11.9 Å². The van der Waals surface area contributed by atoms with Gasteiger partial charge >= 0.3 is 11.3 Å². The Morgan fingerprint density at radius 1 is 1.15 bits per heavy atom. The maximum Gasteiger partial charge on any atom is 0.325 e. The Morgan fingerprint density at radius 2 is 1.91 bits per heavy atom. The van der Waals surface area contributed by atoms with Crippen LogP contribution in [0.3, 0.4) is 0 Å². The highest BCUT2D eigenvalue weighted by molar-refractivity contribution is 7.99. The molecule has 1 aliphatic heterocycles. The molecule has 0 fully saturated rings. The van der Waals surface area contributed by atoms with E-state index in [9.17, 15) is 9.59 Å². The first kappa shape index (κ1) is 23.0.